The third-order valence-electron chi connectivity index (χ3n) is 2.69. The lowest BCUT2D eigenvalue weighted by Gasteiger charge is -2.33. The highest BCUT2D eigenvalue weighted by molar-refractivity contribution is 5.77. The van der Waals surface area contributed by atoms with Gasteiger partial charge < -0.3 is 15.0 Å². The normalized spacial score (nSPS) is 10.9. The van der Waals surface area contributed by atoms with Crippen LogP contribution in [0.4, 0.5) is 11.4 Å². The zero-order valence-corrected chi connectivity index (χ0v) is 9.74. The van der Waals surface area contributed by atoms with Crippen LogP contribution in [0, 0.1) is 0 Å². The molecule has 0 unspecified atom stereocenters. The summed E-state index contributed by atoms with van der Waals surface area (Å²) < 4.78 is 0. The molecule has 0 amide bonds. The molecule has 0 atom stereocenters. The van der Waals surface area contributed by atoms with E-state index in [0.717, 1.165) is 17.7 Å². The van der Waals surface area contributed by atoms with Gasteiger partial charge in [-0.25, -0.2) is 0 Å². The van der Waals surface area contributed by atoms with E-state index in [1.54, 1.807) is 0 Å². The number of hydrogen-bond donors (Lipinski definition) is 1. The number of nitrogens with zero attached hydrogens (tertiary/aromatic N) is 1. The molecular weight excluding hydrogens is 188 g/mol. The van der Waals surface area contributed by atoms with Gasteiger partial charge in [-0.05, 0) is 26.0 Å². The van der Waals surface area contributed by atoms with Gasteiger partial charge in [0.05, 0.1) is 16.9 Å². The molecule has 15 heavy (non-hydrogen) atoms. The van der Waals surface area contributed by atoms with Gasteiger partial charge in [-0.1, -0.05) is 12.1 Å². The molecule has 0 heterocycles. The molecule has 3 nitrogen and oxygen atoms in total. The predicted octanol–water partition coefficient (Wildman–Crippen LogP) is 2.14. The smallest absolute Gasteiger partial charge is 0.144 e. The van der Waals surface area contributed by atoms with E-state index in [-0.39, 0.29) is 0 Å². The average molecular weight is 206 g/mol. The molecule has 1 aromatic rings. The minimum Gasteiger partial charge on any atom is -0.386 e. The first kappa shape index (κ1) is 11.6. The molecule has 3 heteroatoms. The van der Waals surface area contributed by atoms with Crippen LogP contribution in [0.15, 0.2) is 24.3 Å². The largest absolute Gasteiger partial charge is 0.386 e. The molecule has 82 valence electrons. The fraction of sp³-hybridized carbons (Fsp3) is 0.417. The van der Waals surface area contributed by atoms with E-state index in [4.69, 9.17) is 0 Å². The maximum absolute atomic E-state index is 11.0. The Morgan fingerprint density at radius 2 is 1.93 bits per heavy atom. The zero-order valence-electron chi connectivity index (χ0n) is 9.74. The topological polar surface area (TPSA) is 32.3 Å². The fourth-order valence-electron chi connectivity index (χ4n) is 1.37. The molecule has 0 spiro atoms. The summed E-state index contributed by atoms with van der Waals surface area (Å²) in [7, 11) is 3.80. The highest BCUT2D eigenvalue weighted by atomic mass is 16.1. The number of nitrogens with one attached hydrogen (secondary N) is 1. The standard InChI is InChI=1S/C12H18N2O/c1-12(2,9-15)14(4)11-8-6-5-7-10(11)13-3/h5-9,13H,1-4H3. The lowest BCUT2D eigenvalue weighted by Crippen LogP contribution is -2.42. The van der Waals surface area contributed by atoms with Gasteiger partial charge in [0.25, 0.3) is 0 Å². The highest BCUT2D eigenvalue weighted by Gasteiger charge is 2.24. The molecule has 0 radical (unpaired) electrons. The molecule has 0 aliphatic rings. The molecule has 1 N–H and O–H groups in total. The van der Waals surface area contributed by atoms with Crippen molar-refractivity contribution >= 4 is 17.7 Å². The van der Waals surface area contributed by atoms with Crippen LogP contribution in [0.5, 0.6) is 0 Å². The van der Waals surface area contributed by atoms with Gasteiger partial charge >= 0.3 is 0 Å². The fourth-order valence-corrected chi connectivity index (χ4v) is 1.37. The van der Waals surface area contributed by atoms with Crippen molar-refractivity contribution in [3.05, 3.63) is 24.3 Å². The van der Waals surface area contributed by atoms with Crippen molar-refractivity contribution in [3.8, 4) is 0 Å². The monoisotopic (exact) mass is 206 g/mol. The average Bonchev–Trinajstić information content (AvgIpc) is 2.28. The highest BCUT2D eigenvalue weighted by Crippen LogP contribution is 2.28. The van der Waals surface area contributed by atoms with Crippen LogP contribution in [0.2, 0.25) is 0 Å². The maximum atomic E-state index is 11.0. The summed E-state index contributed by atoms with van der Waals surface area (Å²) in [4.78, 5) is 12.9. The molecule has 1 rings (SSSR count). The van der Waals surface area contributed by atoms with E-state index in [1.165, 1.54) is 0 Å². The van der Waals surface area contributed by atoms with Gasteiger partial charge in [0.1, 0.15) is 6.29 Å². The van der Waals surface area contributed by atoms with Crippen molar-refractivity contribution in [2.45, 2.75) is 19.4 Å². The number of likely N-dealkylation sites (N-methyl/N-ethyl adjacent to an activating group) is 1. The summed E-state index contributed by atoms with van der Waals surface area (Å²) in [5.41, 5.74) is 1.56. The van der Waals surface area contributed by atoms with Crippen LogP contribution >= 0.6 is 0 Å². The van der Waals surface area contributed by atoms with Crippen molar-refractivity contribution in [2.75, 3.05) is 24.3 Å². The molecular formula is C12H18N2O. The van der Waals surface area contributed by atoms with Gasteiger partial charge in [0.15, 0.2) is 0 Å². The first-order chi connectivity index (χ1) is 7.03. The number of benzene rings is 1. The number of rotatable bonds is 4. The summed E-state index contributed by atoms with van der Waals surface area (Å²) in [6.07, 6.45) is 0.958. The quantitative estimate of drug-likeness (QED) is 0.766. The lowest BCUT2D eigenvalue weighted by atomic mass is 10.0. The van der Waals surface area contributed by atoms with Crippen LogP contribution in [0.1, 0.15) is 13.8 Å². The van der Waals surface area contributed by atoms with Crippen LogP contribution in [0.3, 0.4) is 0 Å². The summed E-state index contributed by atoms with van der Waals surface area (Å²) in [5, 5.41) is 3.12. The minimum atomic E-state index is -0.493. The number of carbonyl (C=O) groups is 1. The third-order valence-corrected chi connectivity index (χ3v) is 2.69. The maximum Gasteiger partial charge on any atom is 0.144 e. The van der Waals surface area contributed by atoms with E-state index < -0.39 is 5.54 Å². The van der Waals surface area contributed by atoms with E-state index in [9.17, 15) is 4.79 Å². The molecule has 0 fully saturated rings. The van der Waals surface area contributed by atoms with E-state index >= 15 is 0 Å². The Morgan fingerprint density at radius 3 is 2.47 bits per heavy atom. The summed E-state index contributed by atoms with van der Waals surface area (Å²) in [6, 6.07) is 7.93. The van der Waals surface area contributed by atoms with Crippen LogP contribution in [-0.4, -0.2) is 25.9 Å². The van der Waals surface area contributed by atoms with Crippen molar-refractivity contribution < 1.29 is 4.79 Å². The second-order valence-electron chi connectivity index (χ2n) is 4.10. The molecule has 1 aromatic carbocycles. The van der Waals surface area contributed by atoms with E-state index in [0.29, 0.717) is 0 Å². The van der Waals surface area contributed by atoms with Gasteiger partial charge in [0, 0.05) is 14.1 Å². The minimum absolute atomic E-state index is 0.493. The molecule has 0 aliphatic heterocycles. The number of anilines is 2. The van der Waals surface area contributed by atoms with E-state index in [2.05, 4.69) is 5.32 Å². The summed E-state index contributed by atoms with van der Waals surface area (Å²) >= 11 is 0. The lowest BCUT2D eigenvalue weighted by molar-refractivity contribution is -0.111. The number of carbonyl (C=O) groups excluding carboxylic acids is 1. The first-order valence-electron chi connectivity index (χ1n) is 5.00. The second-order valence-corrected chi connectivity index (χ2v) is 4.10. The van der Waals surface area contributed by atoms with Crippen LogP contribution in [0.25, 0.3) is 0 Å². The molecule has 0 bridgehead atoms. The molecule has 0 aromatic heterocycles. The van der Waals surface area contributed by atoms with Crippen molar-refractivity contribution in [1.82, 2.24) is 0 Å². The molecule has 0 saturated heterocycles. The zero-order chi connectivity index (χ0) is 11.5. The Bertz CT molecular complexity index is 347. The van der Waals surface area contributed by atoms with Crippen molar-refractivity contribution in [2.24, 2.45) is 0 Å². The van der Waals surface area contributed by atoms with Gasteiger partial charge in [-0.2, -0.15) is 0 Å². The molecule has 0 saturated carbocycles. The van der Waals surface area contributed by atoms with Crippen LogP contribution < -0.4 is 10.2 Å². The number of para-hydroxylation sites is 2. The number of aldehydes is 1. The van der Waals surface area contributed by atoms with Gasteiger partial charge in [-0.15, -0.1) is 0 Å². The Morgan fingerprint density at radius 1 is 1.33 bits per heavy atom. The Hall–Kier alpha value is -1.51. The second kappa shape index (κ2) is 4.34. The third kappa shape index (κ3) is 2.29. The predicted molar refractivity (Wildman–Crippen MR) is 64.5 cm³/mol. The summed E-state index contributed by atoms with van der Waals surface area (Å²) in [5.74, 6) is 0. The van der Waals surface area contributed by atoms with E-state index in [1.807, 2.05) is 57.1 Å². The summed E-state index contributed by atoms with van der Waals surface area (Å²) in [6.45, 7) is 3.79. The molecule has 0 aliphatic carbocycles. The SMILES string of the molecule is CNc1ccccc1N(C)C(C)(C)C=O. The first-order valence-corrected chi connectivity index (χ1v) is 5.00. The van der Waals surface area contributed by atoms with Gasteiger partial charge in [0.2, 0.25) is 0 Å². The van der Waals surface area contributed by atoms with Crippen LogP contribution in [-0.2, 0) is 4.79 Å². The number of hydrogen-bond acceptors (Lipinski definition) is 3. The van der Waals surface area contributed by atoms with Gasteiger partial charge in [-0.3, -0.25) is 0 Å². The Balaban J connectivity index is 3.10. The Kier molecular flexibility index (Phi) is 3.35. The van der Waals surface area contributed by atoms with Crippen molar-refractivity contribution in [3.63, 3.8) is 0 Å². The van der Waals surface area contributed by atoms with Crippen molar-refractivity contribution in [1.29, 1.82) is 0 Å². The Labute approximate surface area is 91.1 Å².